The van der Waals surface area contributed by atoms with Crippen LogP contribution in [0, 0.1) is 11.6 Å². The molecule has 1 heterocycles. The number of benzene rings is 1. The molecule has 1 aromatic carbocycles. The Kier molecular flexibility index (Phi) is 3.28. The van der Waals surface area contributed by atoms with Crippen LogP contribution < -0.4 is 0 Å². The summed E-state index contributed by atoms with van der Waals surface area (Å²) >= 11 is 0. The molecule has 0 radical (unpaired) electrons. The van der Waals surface area contributed by atoms with Gasteiger partial charge in [-0.2, -0.15) is 0 Å². The highest BCUT2D eigenvalue weighted by molar-refractivity contribution is 5.18. The van der Waals surface area contributed by atoms with E-state index in [0.29, 0.717) is 25.3 Å². The topological polar surface area (TPSA) is 12.5 Å². The first kappa shape index (κ1) is 10.5. The van der Waals surface area contributed by atoms with Crippen molar-refractivity contribution in [2.24, 2.45) is 0 Å². The molecule has 82 valence electrons. The van der Waals surface area contributed by atoms with Gasteiger partial charge in [-0.3, -0.25) is 4.90 Å². The lowest BCUT2D eigenvalue weighted by atomic mass is 10.2. The molecule has 0 aromatic heterocycles. The maximum atomic E-state index is 13.3. The molecule has 2 nitrogen and oxygen atoms in total. The third-order valence-electron chi connectivity index (χ3n) is 2.53. The summed E-state index contributed by atoms with van der Waals surface area (Å²) in [6.07, 6.45) is 0. The fourth-order valence-corrected chi connectivity index (χ4v) is 1.67. The predicted molar refractivity (Wildman–Crippen MR) is 52.5 cm³/mol. The summed E-state index contributed by atoms with van der Waals surface area (Å²) < 4.78 is 31.4. The van der Waals surface area contributed by atoms with E-state index in [1.54, 1.807) is 6.07 Å². The van der Waals surface area contributed by atoms with Gasteiger partial charge in [-0.1, -0.05) is 12.1 Å². The maximum Gasteiger partial charge on any atom is 0.163 e. The number of hydrogen-bond donors (Lipinski definition) is 0. The average Bonchev–Trinajstić information content (AvgIpc) is 2.26. The highest BCUT2D eigenvalue weighted by atomic mass is 19.2. The summed E-state index contributed by atoms with van der Waals surface area (Å²) in [6.45, 7) is 3.33. The Morgan fingerprint density at radius 1 is 1.20 bits per heavy atom. The summed E-state index contributed by atoms with van der Waals surface area (Å²) in [4.78, 5) is 2.06. The second kappa shape index (κ2) is 4.68. The molecule has 0 amide bonds. The molecule has 1 fully saturated rings. The van der Waals surface area contributed by atoms with E-state index in [4.69, 9.17) is 4.74 Å². The first-order valence-electron chi connectivity index (χ1n) is 5.00. The third-order valence-corrected chi connectivity index (χ3v) is 2.53. The third kappa shape index (κ3) is 2.52. The van der Waals surface area contributed by atoms with Gasteiger partial charge in [0.2, 0.25) is 0 Å². The molecule has 0 unspecified atom stereocenters. The zero-order valence-corrected chi connectivity index (χ0v) is 8.38. The Morgan fingerprint density at radius 3 is 2.67 bits per heavy atom. The predicted octanol–water partition coefficient (Wildman–Crippen LogP) is 1.80. The number of ether oxygens (including phenoxy) is 1. The van der Waals surface area contributed by atoms with Crippen LogP contribution in [0.1, 0.15) is 5.56 Å². The molecule has 0 atom stereocenters. The van der Waals surface area contributed by atoms with Crippen LogP contribution >= 0.6 is 0 Å². The molecule has 1 saturated heterocycles. The molecule has 1 aromatic rings. The molecular formula is C11H13F2NO. The Labute approximate surface area is 87.5 Å². The zero-order valence-electron chi connectivity index (χ0n) is 8.38. The van der Waals surface area contributed by atoms with E-state index in [1.807, 2.05) is 0 Å². The number of rotatable bonds is 2. The minimum Gasteiger partial charge on any atom is -0.379 e. The van der Waals surface area contributed by atoms with E-state index in [9.17, 15) is 8.78 Å². The highest BCUT2D eigenvalue weighted by Gasteiger charge is 2.14. The lowest BCUT2D eigenvalue weighted by Crippen LogP contribution is -2.35. The maximum absolute atomic E-state index is 13.3. The van der Waals surface area contributed by atoms with Gasteiger partial charge >= 0.3 is 0 Å². The molecule has 1 aliphatic heterocycles. The lowest BCUT2D eigenvalue weighted by Gasteiger charge is -2.26. The van der Waals surface area contributed by atoms with E-state index in [1.165, 1.54) is 6.07 Å². The smallest absolute Gasteiger partial charge is 0.163 e. The number of nitrogens with zero attached hydrogens (tertiary/aromatic N) is 1. The van der Waals surface area contributed by atoms with Crippen molar-refractivity contribution in [3.8, 4) is 0 Å². The van der Waals surface area contributed by atoms with Crippen molar-refractivity contribution in [2.75, 3.05) is 26.3 Å². The number of morpholine rings is 1. The summed E-state index contributed by atoms with van der Waals surface area (Å²) in [5.41, 5.74) is 0.414. The first-order valence-corrected chi connectivity index (χ1v) is 5.00. The van der Waals surface area contributed by atoms with E-state index in [0.717, 1.165) is 19.2 Å². The highest BCUT2D eigenvalue weighted by Crippen LogP contribution is 2.14. The molecule has 4 heteroatoms. The van der Waals surface area contributed by atoms with E-state index < -0.39 is 11.6 Å². The van der Waals surface area contributed by atoms with Crippen LogP contribution in [0.15, 0.2) is 18.2 Å². The molecule has 0 spiro atoms. The second-order valence-electron chi connectivity index (χ2n) is 3.60. The van der Waals surface area contributed by atoms with Crippen LogP contribution in [0.2, 0.25) is 0 Å². The van der Waals surface area contributed by atoms with Crippen LogP contribution in [0.4, 0.5) is 8.78 Å². The van der Waals surface area contributed by atoms with Crippen molar-refractivity contribution in [1.82, 2.24) is 4.90 Å². The van der Waals surface area contributed by atoms with Gasteiger partial charge < -0.3 is 4.74 Å². The molecule has 15 heavy (non-hydrogen) atoms. The van der Waals surface area contributed by atoms with Crippen LogP contribution in [0.25, 0.3) is 0 Å². The van der Waals surface area contributed by atoms with Gasteiger partial charge in [-0.15, -0.1) is 0 Å². The van der Waals surface area contributed by atoms with Crippen LogP contribution in [-0.4, -0.2) is 31.2 Å². The molecule has 1 aliphatic rings. The summed E-state index contributed by atoms with van der Waals surface area (Å²) in [7, 11) is 0. The molecule has 0 aliphatic carbocycles. The Bertz CT molecular complexity index is 337. The largest absolute Gasteiger partial charge is 0.379 e. The molecule has 0 N–H and O–H groups in total. The van der Waals surface area contributed by atoms with Gasteiger partial charge in [0, 0.05) is 25.2 Å². The van der Waals surface area contributed by atoms with E-state index >= 15 is 0 Å². The molecule has 2 rings (SSSR count). The van der Waals surface area contributed by atoms with Crippen molar-refractivity contribution in [1.29, 1.82) is 0 Å². The minimum atomic E-state index is -0.777. The Balaban J connectivity index is 2.06. The summed E-state index contributed by atoms with van der Waals surface area (Å²) in [5, 5.41) is 0. The first-order chi connectivity index (χ1) is 7.27. The van der Waals surface area contributed by atoms with E-state index in [-0.39, 0.29) is 0 Å². The zero-order chi connectivity index (χ0) is 10.7. The van der Waals surface area contributed by atoms with Crippen molar-refractivity contribution in [3.63, 3.8) is 0 Å². The summed E-state index contributed by atoms with van der Waals surface area (Å²) in [5.74, 6) is -1.51. The SMILES string of the molecule is Fc1cccc(CN2CCOCC2)c1F. The minimum absolute atomic E-state index is 0.414. The van der Waals surface area contributed by atoms with Gasteiger partial charge in [0.25, 0.3) is 0 Å². The van der Waals surface area contributed by atoms with Gasteiger partial charge in [0.15, 0.2) is 11.6 Å². The van der Waals surface area contributed by atoms with Crippen LogP contribution in [0.5, 0.6) is 0 Å². The Hall–Kier alpha value is -1.00. The van der Waals surface area contributed by atoms with Gasteiger partial charge in [0.1, 0.15) is 0 Å². The quantitative estimate of drug-likeness (QED) is 0.742. The second-order valence-corrected chi connectivity index (χ2v) is 3.60. The van der Waals surface area contributed by atoms with Gasteiger partial charge in [0.05, 0.1) is 13.2 Å². The standard InChI is InChI=1S/C11H13F2NO/c12-10-3-1-2-9(11(10)13)8-14-4-6-15-7-5-14/h1-3H,4-8H2. The monoisotopic (exact) mass is 213 g/mol. The number of hydrogen-bond acceptors (Lipinski definition) is 2. The Morgan fingerprint density at radius 2 is 1.93 bits per heavy atom. The normalized spacial score (nSPS) is 18.0. The van der Waals surface area contributed by atoms with Gasteiger partial charge in [-0.05, 0) is 6.07 Å². The summed E-state index contributed by atoms with van der Waals surface area (Å²) in [6, 6.07) is 4.29. The van der Waals surface area contributed by atoms with Crippen LogP contribution in [0.3, 0.4) is 0 Å². The number of halogens is 2. The average molecular weight is 213 g/mol. The van der Waals surface area contributed by atoms with Crippen molar-refractivity contribution in [3.05, 3.63) is 35.4 Å². The fraction of sp³-hybridized carbons (Fsp3) is 0.455. The van der Waals surface area contributed by atoms with Crippen molar-refractivity contribution in [2.45, 2.75) is 6.54 Å². The van der Waals surface area contributed by atoms with Gasteiger partial charge in [-0.25, -0.2) is 8.78 Å². The lowest BCUT2D eigenvalue weighted by molar-refractivity contribution is 0.0336. The van der Waals surface area contributed by atoms with E-state index in [2.05, 4.69) is 4.90 Å². The van der Waals surface area contributed by atoms with Crippen LogP contribution in [-0.2, 0) is 11.3 Å². The molecular weight excluding hydrogens is 200 g/mol. The molecule has 0 bridgehead atoms. The molecule has 0 saturated carbocycles. The fourth-order valence-electron chi connectivity index (χ4n) is 1.67. The van der Waals surface area contributed by atoms with Crippen molar-refractivity contribution >= 4 is 0 Å². The van der Waals surface area contributed by atoms with Crippen molar-refractivity contribution < 1.29 is 13.5 Å².